The van der Waals surface area contributed by atoms with Gasteiger partial charge in [0.1, 0.15) is 11.6 Å². The summed E-state index contributed by atoms with van der Waals surface area (Å²) in [6, 6.07) is 6.59. The lowest BCUT2D eigenvalue weighted by Crippen LogP contribution is -2.29. The summed E-state index contributed by atoms with van der Waals surface area (Å²) in [4.78, 5) is 55.9. The van der Waals surface area contributed by atoms with Crippen LogP contribution in [0.4, 0.5) is 0 Å². The van der Waals surface area contributed by atoms with Crippen LogP contribution in [0.5, 0.6) is 5.75 Å². The van der Waals surface area contributed by atoms with Crippen molar-refractivity contribution in [1.29, 1.82) is 0 Å². The molecule has 0 bridgehead atoms. The number of fused-ring (bicyclic) bond motifs is 1. The Morgan fingerprint density at radius 2 is 1.87 bits per heavy atom. The summed E-state index contributed by atoms with van der Waals surface area (Å²) in [6.45, 7) is 2.03. The number of imidazole rings is 1. The zero-order valence-corrected chi connectivity index (χ0v) is 17.6. The number of rotatable bonds is 9. The number of Topliss-reactive ketones (excluding diaryl/α,β-unsaturated/α-hetero) is 1. The largest absolute Gasteiger partial charge is 0.497 e. The maximum atomic E-state index is 12.9. The molecule has 31 heavy (non-hydrogen) atoms. The van der Waals surface area contributed by atoms with Gasteiger partial charge < -0.3 is 14.0 Å². The summed E-state index contributed by atoms with van der Waals surface area (Å²) in [5, 5.41) is 0. The predicted molar refractivity (Wildman–Crippen MR) is 112 cm³/mol. The van der Waals surface area contributed by atoms with Crippen LogP contribution in [0.3, 0.4) is 0 Å². The Morgan fingerprint density at radius 3 is 2.52 bits per heavy atom. The average Bonchev–Trinajstić information content (AvgIpc) is 3.13. The Kier molecular flexibility index (Phi) is 6.68. The molecule has 164 valence electrons. The minimum absolute atomic E-state index is 0.0336. The molecule has 1 N–H and O–H groups in total. The van der Waals surface area contributed by atoms with E-state index in [4.69, 9.17) is 9.47 Å². The fourth-order valence-corrected chi connectivity index (χ4v) is 3.15. The molecule has 2 aromatic heterocycles. The number of hydrogen-bond donors (Lipinski definition) is 1. The van der Waals surface area contributed by atoms with Crippen LogP contribution in [0.2, 0.25) is 0 Å². The molecule has 0 radical (unpaired) electrons. The number of aromatic amines is 1. The van der Waals surface area contributed by atoms with Crippen molar-refractivity contribution < 1.29 is 19.1 Å². The molecular weight excluding hydrogens is 404 g/mol. The Morgan fingerprint density at radius 1 is 1.16 bits per heavy atom. The Hall–Kier alpha value is -3.69. The van der Waals surface area contributed by atoms with Crippen molar-refractivity contribution in [3.63, 3.8) is 0 Å². The lowest BCUT2D eigenvalue weighted by atomic mass is 10.1. The Balaban J connectivity index is 1.99. The molecule has 0 aliphatic heterocycles. The maximum absolute atomic E-state index is 12.9. The summed E-state index contributed by atoms with van der Waals surface area (Å²) < 4.78 is 12.8. The van der Waals surface area contributed by atoms with Crippen LogP contribution < -0.4 is 16.0 Å². The molecule has 0 spiro atoms. The minimum Gasteiger partial charge on any atom is -0.497 e. The van der Waals surface area contributed by atoms with Gasteiger partial charge in [0.05, 0.1) is 26.7 Å². The molecule has 3 aromatic rings. The van der Waals surface area contributed by atoms with Crippen LogP contribution in [0.25, 0.3) is 11.2 Å². The van der Waals surface area contributed by atoms with Gasteiger partial charge in [-0.05, 0) is 30.7 Å². The summed E-state index contributed by atoms with van der Waals surface area (Å²) in [5.74, 6) is 0.300. The molecule has 0 saturated heterocycles. The number of carbonyl (C=O) groups is 2. The second-order valence-corrected chi connectivity index (χ2v) is 6.98. The van der Waals surface area contributed by atoms with Crippen molar-refractivity contribution in [3.8, 4) is 5.75 Å². The van der Waals surface area contributed by atoms with Crippen LogP contribution in [0.15, 0.2) is 33.9 Å². The number of aromatic nitrogens is 4. The van der Waals surface area contributed by atoms with Gasteiger partial charge in [-0.1, -0.05) is 6.92 Å². The second kappa shape index (κ2) is 9.41. The number of methoxy groups -OCH3 is 1. The first-order valence-electron chi connectivity index (χ1n) is 9.87. The van der Waals surface area contributed by atoms with Crippen LogP contribution in [0, 0.1) is 0 Å². The fraction of sp³-hybridized carbons (Fsp3) is 0.381. The second-order valence-electron chi connectivity index (χ2n) is 6.98. The lowest BCUT2D eigenvalue weighted by Gasteiger charge is -2.09. The molecule has 0 fully saturated rings. The molecule has 3 rings (SSSR count). The topological polar surface area (TPSA) is 125 Å². The first-order valence-corrected chi connectivity index (χ1v) is 9.87. The fourth-order valence-electron chi connectivity index (χ4n) is 3.15. The van der Waals surface area contributed by atoms with Crippen LogP contribution >= 0.6 is 0 Å². The van der Waals surface area contributed by atoms with Gasteiger partial charge in [0.15, 0.2) is 16.9 Å². The van der Waals surface area contributed by atoms with Crippen molar-refractivity contribution in [2.45, 2.75) is 32.7 Å². The van der Waals surface area contributed by atoms with E-state index in [0.29, 0.717) is 30.2 Å². The first-order chi connectivity index (χ1) is 14.8. The Bertz CT molecular complexity index is 1220. The van der Waals surface area contributed by atoms with Gasteiger partial charge in [0, 0.05) is 19.0 Å². The van der Waals surface area contributed by atoms with E-state index < -0.39 is 17.2 Å². The number of nitrogens with one attached hydrogen (secondary N) is 1. The van der Waals surface area contributed by atoms with Gasteiger partial charge in [0.2, 0.25) is 0 Å². The SMILES string of the molecule is CCCOC(=O)CCc1nc2c(c(=O)[nH]c(=O)n2C)n1CC(=O)c1ccc(OC)cc1. The molecule has 0 atom stereocenters. The van der Waals surface area contributed by atoms with E-state index in [9.17, 15) is 19.2 Å². The van der Waals surface area contributed by atoms with E-state index in [1.807, 2.05) is 6.92 Å². The smallest absolute Gasteiger partial charge is 0.329 e. The van der Waals surface area contributed by atoms with Crippen LogP contribution in [-0.4, -0.2) is 44.6 Å². The van der Waals surface area contributed by atoms with Crippen LogP contribution in [0.1, 0.15) is 35.9 Å². The molecule has 0 saturated carbocycles. The zero-order chi connectivity index (χ0) is 22.5. The third-order valence-electron chi connectivity index (χ3n) is 4.82. The van der Waals surface area contributed by atoms with Crippen molar-refractivity contribution >= 4 is 22.9 Å². The molecule has 10 nitrogen and oxygen atoms in total. The molecule has 1 aromatic carbocycles. The molecule has 0 aliphatic rings. The highest BCUT2D eigenvalue weighted by Crippen LogP contribution is 2.16. The van der Waals surface area contributed by atoms with E-state index in [2.05, 4.69) is 9.97 Å². The van der Waals surface area contributed by atoms with Crippen molar-refractivity contribution in [2.75, 3.05) is 13.7 Å². The van der Waals surface area contributed by atoms with Gasteiger partial charge >= 0.3 is 11.7 Å². The summed E-state index contributed by atoms with van der Waals surface area (Å²) in [6.07, 6.45) is 0.894. The molecule has 10 heteroatoms. The number of aryl methyl sites for hydroxylation is 2. The third kappa shape index (κ3) is 4.73. The van der Waals surface area contributed by atoms with Crippen molar-refractivity contribution in [3.05, 3.63) is 56.5 Å². The number of ketones is 1. The number of carbonyl (C=O) groups excluding carboxylic acids is 2. The van der Waals surface area contributed by atoms with E-state index in [0.717, 1.165) is 0 Å². The Labute approximate surface area is 177 Å². The van der Waals surface area contributed by atoms with Gasteiger partial charge in [-0.3, -0.25) is 23.9 Å². The normalized spacial score (nSPS) is 10.9. The van der Waals surface area contributed by atoms with Crippen LogP contribution in [-0.2, 0) is 29.5 Å². The first kappa shape index (κ1) is 22.0. The van der Waals surface area contributed by atoms with Gasteiger partial charge in [-0.2, -0.15) is 0 Å². The average molecular weight is 428 g/mol. The zero-order valence-electron chi connectivity index (χ0n) is 17.6. The summed E-state index contributed by atoms with van der Waals surface area (Å²) in [5.41, 5.74) is -0.586. The number of benzene rings is 1. The summed E-state index contributed by atoms with van der Waals surface area (Å²) in [7, 11) is 3.01. The molecule has 0 amide bonds. The lowest BCUT2D eigenvalue weighted by molar-refractivity contribution is -0.143. The van der Waals surface area contributed by atoms with E-state index >= 15 is 0 Å². The van der Waals surface area contributed by atoms with E-state index in [-0.39, 0.29) is 36.3 Å². The minimum atomic E-state index is -0.645. The quantitative estimate of drug-likeness (QED) is 0.401. The maximum Gasteiger partial charge on any atom is 0.329 e. The number of hydrogen-bond acceptors (Lipinski definition) is 7. The number of ether oxygens (including phenoxy) is 2. The standard InChI is InChI=1S/C21H24N4O6/c1-4-11-31-17(27)10-9-16-22-19-18(20(28)23-21(29)24(19)2)25(16)12-15(26)13-5-7-14(30-3)8-6-13/h5-8H,4,9-12H2,1-3H3,(H,23,28,29). The molecular formula is C21H24N4O6. The van der Waals surface area contributed by atoms with E-state index in [1.165, 1.54) is 23.3 Å². The molecule has 2 heterocycles. The highest BCUT2D eigenvalue weighted by atomic mass is 16.5. The van der Waals surface area contributed by atoms with Gasteiger partial charge in [0.25, 0.3) is 5.56 Å². The third-order valence-corrected chi connectivity index (χ3v) is 4.82. The highest BCUT2D eigenvalue weighted by molar-refractivity contribution is 5.96. The summed E-state index contributed by atoms with van der Waals surface area (Å²) >= 11 is 0. The molecule has 0 aliphatic carbocycles. The van der Waals surface area contributed by atoms with Crippen molar-refractivity contribution in [1.82, 2.24) is 19.1 Å². The predicted octanol–water partition coefficient (Wildman–Crippen LogP) is 1.20. The van der Waals surface area contributed by atoms with Gasteiger partial charge in [-0.25, -0.2) is 9.78 Å². The highest BCUT2D eigenvalue weighted by Gasteiger charge is 2.20. The van der Waals surface area contributed by atoms with E-state index in [1.54, 1.807) is 24.3 Å². The monoisotopic (exact) mass is 428 g/mol. The number of nitrogens with zero attached hydrogens (tertiary/aromatic N) is 3. The van der Waals surface area contributed by atoms with Crippen molar-refractivity contribution in [2.24, 2.45) is 7.05 Å². The van der Waals surface area contributed by atoms with Gasteiger partial charge in [-0.15, -0.1) is 0 Å². The number of esters is 1. The molecule has 0 unspecified atom stereocenters. The number of H-pyrrole nitrogens is 1.